The summed E-state index contributed by atoms with van der Waals surface area (Å²) in [5, 5.41) is 0.541. The van der Waals surface area contributed by atoms with E-state index in [0.717, 1.165) is 6.07 Å². The van der Waals surface area contributed by atoms with E-state index in [0.29, 0.717) is 23.7 Å². The number of halogens is 1. The Morgan fingerprint density at radius 3 is 2.29 bits per heavy atom. The maximum atomic E-state index is 12.8. The van der Waals surface area contributed by atoms with Gasteiger partial charge in [-0.1, -0.05) is 23.7 Å². The molecule has 0 unspecified atom stereocenters. The van der Waals surface area contributed by atoms with Gasteiger partial charge in [-0.3, -0.25) is 4.79 Å². The number of likely N-dealkylation sites (N-methyl/N-ethyl adjacent to an activating group) is 1. The number of amides is 1. The molecule has 0 radical (unpaired) electrons. The normalized spacial score (nSPS) is 11.1. The third-order valence-electron chi connectivity index (χ3n) is 4.51. The molecule has 31 heavy (non-hydrogen) atoms. The smallest absolute Gasteiger partial charge is 0.338 e. The van der Waals surface area contributed by atoms with Crippen LogP contribution >= 0.6 is 11.6 Å². The van der Waals surface area contributed by atoms with E-state index < -0.39 is 22.6 Å². The second-order valence-corrected chi connectivity index (χ2v) is 8.63. The van der Waals surface area contributed by atoms with Crippen LogP contribution in [0.2, 0.25) is 5.02 Å². The van der Waals surface area contributed by atoms with Crippen LogP contribution in [-0.4, -0.2) is 52.0 Å². The summed E-state index contributed by atoms with van der Waals surface area (Å²) in [4.78, 5) is 25.7. The molecule has 2 aromatic carbocycles. The number of nitrogens with zero attached hydrogens (tertiary/aromatic N) is 1. The number of hydrogen-bond donors (Lipinski definition) is 1. The zero-order valence-corrected chi connectivity index (χ0v) is 19.1. The zero-order valence-electron chi connectivity index (χ0n) is 17.6. The Kier molecular flexibility index (Phi) is 8.85. The third-order valence-corrected chi connectivity index (χ3v) is 6.19. The fourth-order valence-electron chi connectivity index (χ4n) is 2.75. The Morgan fingerprint density at radius 1 is 1.06 bits per heavy atom. The van der Waals surface area contributed by atoms with Crippen molar-refractivity contribution in [1.29, 1.82) is 0 Å². The summed E-state index contributed by atoms with van der Waals surface area (Å²) < 4.78 is 38.3. The topological polar surface area (TPSA) is 102 Å². The minimum absolute atomic E-state index is 0.0139. The summed E-state index contributed by atoms with van der Waals surface area (Å²) in [6.45, 7) is 4.23. The molecule has 0 fully saturated rings. The van der Waals surface area contributed by atoms with E-state index in [1.54, 1.807) is 24.3 Å². The van der Waals surface area contributed by atoms with Crippen molar-refractivity contribution in [2.75, 3.05) is 26.8 Å². The minimum atomic E-state index is -4.01. The highest BCUT2D eigenvalue weighted by atomic mass is 35.5. The summed E-state index contributed by atoms with van der Waals surface area (Å²) in [6.07, 6.45) is 0. The molecule has 1 amide bonds. The highest BCUT2D eigenvalue weighted by Gasteiger charge is 2.23. The van der Waals surface area contributed by atoms with Crippen molar-refractivity contribution in [1.82, 2.24) is 9.62 Å². The highest BCUT2D eigenvalue weighted by molar-refractivity contribution is 7.89. The lowest BCUT2D eigenvalue weighted by Crippen LogP contribution is -2.34. The largest absolute Gasteiger partial charge is 0.495 e. The van der Waals surface area contributed by atoms with E-state index in [1.807, 2.05) is 13.8 Å². The number of esters is 1. The van der Waals surface area contributed by atoms with Gasteiger partial charge in [-0.2, -0.15) is 0 Å². The molecule has 0 aliphatic rings. The van der Waals surface area contributed by atoms with E-state index in [1.165, 1.54) is 24.1 Å². The third kappa shape index (κ3) is 6.68. The molecule has 0 aromatic heterocycles. The standard InChI is InChI=1S/C21H25ClN2O6S/c1-4-24(5-2)20(25)14-30-21(26)16-8-11-18(29-3)19(12-16)31(27,28)23-13-15-6-9-17(22)10-7-15/h6-12,23H,4-5,13-14H2,1-3H3. The van der Waals surface area contributed by atoms with Crippen LogP contribution in [0.15, 0.2) is 47.4 Å². The first-order valence-corrected chi connectivity index (χ1v) is 11.4. The number of carbonyl (C=O) groups is 2. The van der Waals surface area contributed by atoms with Crippen molar-refractivity contribution >= 4 is 33.5 Å². The second kappa shape index (κ2) is 11.1. The van der Waals surface area contributed by atoms with Crippen LogP contribution in [0.5, 0.6) is 5.75 Å². The molecule has 0 saturated carbocycles. The van der Waals surface area contributed by atoms with Crippen molar-refractivity contribution in [3.63, 3.8) is 0 Å². The predicted molar refractivity (Wildman–Crippen MR) is 117 cm³/mol. The van der Waals surface area contributed by atoms with E-state index in [4.69, 9.17) is 21.1 Å². The van der Waals surface area contributed by atoms with Gasteiger partial charge in [0.05, 0.1) is 12.7 Å². The molecule has 0 spiro atoms. The Bertz CT molecular complexity index is 1020. The van der Waals surface area contributed by atoms with Crippen molar-refractivity contribution in [2.24, 2.45) is 0 Å². The Labute approximate surface area is 187 Å². The average molecular weight is 469 g/mol. The highest BCUT2D eigenvalue weighted by Crippen LogP contribution is 2.25. The summed E-state index contributed by atoms with van der Waals surface area (Å²) in [7, 11) is -2.68. The van der Waals surface area contributed by atoms with Crippen LogP contribution < -0.4 is 9.46 Å². The molecule has 0 heterocycles. The fourth-order valence-corrected chi connectivity index (χ4v) is 4.09. The van der Waals surface area contributed by atoms with Crippen LogP contribution in [-0.2, 0) is 26.1 Å². The molecule has 0 atom stereocenters. The van der Waals surface area contributed by atoms with Crippen LogP contribution in [0.25, 0.3) is 0 Å². The quantitative estimate of drug-likeness (QED) is 0.538. The average Bonchev–Trinajstić information content (AvgIpc) is 2.77. The van der Waals surface area contributed by atoms with Crippen LogP contribution in [0.4, 0.5) is 0 Å². The molecule has 2 aromatic rings. The van der Waals surface area contributed by atoms with Gasteiger partial charge in [0.2, 0.25) is 10.0 Å². The molecule has 8 nitrogen and oxygen atoms in total. The van der Waals surface area contributed by atoms with Crippen LogP contribution in [0.1, 0.15) is 29.8 Å². The molecule has 2 rings (SSSR count). The van der Waals surface area contributed by atoms with Gasteiger partial charge in [-0.25, -0.2) is 17.9 Å². The molecular formula is C21H25ClN2O6S. The SMILES string of the molecule is CCN(CC)C(=O)COC(=O)c1ccc(OC)c(S(=O)(=O)NCc2ccc(Cl)cc2)c1. The maximum absolute atomic E-state index is 12.8. The number of hydrogen-bond acceptors (Lipinski definition) is 6. The zero-order chi connectivity index (χ0) is 23.0. The summed E-state index contributed by atoms with van der Waals surface area (Å²) >= 11 is 5.84. The first-order valence-electron chi connectivity index (χ1n) is 9.58. The van der Waals surface area contributed by atoms with Gasteiger partial charge in [-0.15, -0.1) is 0 Å². The van der Waals surface area contributed by atoms with E-state index in [9.17, 15) is 18.0 Å². The lowest BCUT2D eigenvalue weighted by atomic mass is 10.2. The number of benzene rings is 2. The molecule has 168 valence electrons. The fraction of sp³-hybridized carbons (Fsp3) is 0.333. The van der Waals surface area contributed by atoms with Gasteiger partial charge in [-0.05, 0) is 49.7 Å². The molecule has 10 heteroatoms. The molecule has 0 aliphatic carbocycles. The Balaban J connectivity index is 2.17. The van der Waals surface area contributed by atoms with Crippen molar-refractivity contribution in [3.8, 4) is 5.75 Å². The lowest BCUT2D eigenvalue weighted by molar-refractivity contribution is -0.134. The van der Waals surface area contributed by atoms with E-state index in [2.05, 4.69) is 4.72 Å². The van der Waals surface area contributed by atoms with E-state index >= 15 is 0 Å². The minimum Gasteiger partial charge on any atom is -0.495 e. The van der Waals surface area contributed by atoms with Crippen molar-refractivity contribution in [3.05, 3.63) is 58.6 Å². The van der Waals surface area contributed by atoms with Crippen LogP contribution in [0.3, 0.4) is 0 Å². The summed E-state index contributed by atoms with van der Waals surface area (Å²) in [5.74, 6) is -1.07. The van der Waals surface area contributed by atoms with Gasteiger partial charge in [0.25, 0.3) is 5.91 Å². The Hall–Kier alpha value is -2.62. The van der Waals surface area contributed by atoms with E-state index in [-0.39, 0.29) is 28.7 Å². The molecular weight excluding hydrogens is 444 g/mol. The molecule has 0 saturated heterocycles. The van der Waals surface area contributed by atoms with Crippen LogP contribution in [0, 0.1) is 0 Å². The van der Waals surface area contributed by atoms with Crippen molar-refractivity contribution in [2.45, 2.75) is 25.3 Å². The lowest BCUT2D eigenvalue weighted by Gasteiger charge is -2.18. The predicted octanol–water partition coefficient (Wildman–Crippen LogP) is 2.85. The first kappa shape index (κ1) is 24.6. The van der Waals surface area contributed by atoms with Gasteiger partial charge in [0.1, 0.15) is 10.6 Å². The molecule has 0 aliphatic heterocycles. The summed E-state index contributed by atoms with van der Waals surface area (Å²) in [6, 6.07) is 10.6. The monoisotopic (exact) mass is 468 g/mol. The molecule has 1 N–H and O–H groups in total. The number of nitrogens with one attached hydrogen (secondary N) is 1. The molecule has 0 bridgehead atoms. The first-order chi connectivity index (χ1) is 14.7. The maximum Gasteiger partial charge on any atom is 0.338 e. The van der Waals surface area contributed by atoms with Gasteiger partial charge in [0, 0.05) is 24.7 Å². The van der Waals surface area contributed by atoms with Gasteiger partial charge in [0.15, 0.2) is 6.61 Å². The number of sulfonamides is 1. The second-order valence-electron chi connectivity index (χ2n) is 6.46. The number of carbonyl (C=O) groups excluding carboxylic acids is 2. The number of ether oxygens (including phenoxy) is 2. The number of rotatable bonds is 10. The number of methoxy groups -OCH3 is 1. The Morgan fingerprint density at radius 2 is 1.71 bits per heavy atom. The summed E-state index contributed by atoms with van der Waals surface area (Å²) in [5.41, 5.74) is 0.692. The van der Waals surface area contributed by atoms with Gasteiger partial charge < -0.3 is 14.4 Å². The van der Waals surface area contributed by atoms with Crippen molar-refractivity contribution < 1.29 is 27.5 Å². The van der Waals surface area contributed by atoms with Gasteiger partial charge >= 0.3 is 5.97 Å².